The number of nitro benzene ring substituents is 1. The number of rotatable bonds is 7. The van der Waals surface area contributed by atoms with Gasteiger partial charge in [0.2, 0.25) is 0 Å². The van der Waals surface area contributed by atoms with Gasteiger partial charge in [-0.2, -0.15) is 0 Å². The van der Waals surface area contributed by atoms with E-state index in [0.29, 0.717) is 23.9 Å². The second-order valence-electron chi connectivity index (χ2n) is 4.36. The van der Waals surface area contributed by atoms with Crippen molar-refractivity contribution in [3.8, 4) is 0 Å². The van der Waals surface area contributed by atoms with Crippen molar-refractivity contribution < 1.29 is 9.66 Å². The Morgan fingerprint density at radius 3 is 2.94 bits per heavy atom. The maximum atomic E-state index is 10.8. The lowest BCUT2D eigenvalue weighted by atomic mass is 10.2. The molecule has 0 radical (unpaired) electrons. The first-order valence-electron chi connectivity index (χ1n) is 5.92. The molecule has 5 nitrogen and oxygen atoms in total. The number of halogens is 1. The van der Waals surface area contributed by atoms with Crippen molar-refractivity contribution in [3.05, 3.63) is 33.3 Å². The fourth-order valence-electron chi connectivity index (χ4n) is 1.60. The quantitative estimate of drug-likeness (QED) is 0.470. The minimum absolute atomic E-state index is 0.00954. The molecule has 0 aromatic heterocycles. The van der Waals surface area contributed by atoms with Crippen LogP contribution in [0.2, 0.25) is 5.02 Å². The summed E-state index contributed by atoms with van der Waals surface area (Å²) in [5.74, 6) is 0.731. The molecule has 1 aromatic carbocycles. The molecule has 1 aromatic rings. The molecule has 1 fully saturated rings. The maximum absolute atomic E-state index is 10.8. The lowest BCUT2D eigenvalue weighted by Crippen LogP contribution is -2.11. The number of hydrogen-bond donors (Lipinski definition) is 1. The highest BCUT2D eigenvalue weighted by molar-refractivity contribution is 6.30. The monoisotopic (exact) mass is 270 g/mol. The van der Waals surface area contributed by atoms with E-state index in [1.54, 1.807) is 12.1 Å². The Bertz CT molecular complexity index is 435. The molecule has 0 saturated heterocycles. The van der Waals surface area contributed by atoms with Gasteiger partial charge in [0.1, 0.15) is 5.69 Å². The summed E-state index contributed by atoms with van der Waals surface area (Å²) in [4.78, 5) is 10.4. The highest BCUT2D eigenvalue weighted by atomic mass is 35.5. The number of nitro groups is 1. The first-order valence-corrected chi connectivity index (χ1v) is 6.30. The van der Waals surface area contributed by atoms with Crippen LogP contribution < -0.4 is 5.32 Å². The van der Waals surface area contributed by atoms with Crippen molar-refractivity contribution in [2.24, 2.45) is 5.92 Å². The molecule has 1 N–H and O–H groups in total. The van der Waals surface area contributed by atoms with Gasteiger partial charge in [-0.05, 0) is 30.9 Å². The van der Waals surface area contributed by atoms with E-state index in [-0.39, 0.29) is 5.69 Å². The van der Waals surface area contributed by atoms with Crippen molar-refractivity contribution in [2.45, 2.75) is 12.8 Å². The van der Waals surface area contributed by atoms with Crippen LogP contribution >= 0.6 is 11.6 Å². The molecule has 0 unspecified atom stereocenters. The summed E-state index contributed by atoms with van der Waals surface area (Å²) in [6, 6.07) is 4.58. The first kappa shape index (κ1) is 13.1. The molecule has 18 heavy (non-hydrogen) atoms. The number of anilines is 1. The summed E-state index contributed by atoms with van der Waals surface area (Å²) < 4.78 is 5.44. The van der Waals surface area contributed by atoms with Gasteiger partial charge in [-0.25, -0.2) is 0 Å². The number of hydrogen-bond acceptors (Lipinski definition) is 4. The highest BCUT2D eigenvalue weighted by Gasteiger charge is 2.21. The molecule has 1 aliphatic rings. The average Bonchev–Trinajstić information content (AvgIpc) is 3.14. The van der Waals surface area contributed by atoms with Crippen LogP contribution in [0.15, 0.2) is 18.2 Å². The summed E-state index contributed by atoms with van der Waals surface area (Å²) in [7, 11) is 0. The smallest absolute Gasteiger partial charge is 0.293 e. The van der Waals surface area contributed by atoms with Crippen LogP contribution in [-0.2, 0) is 4.74 Å². The standard InChI is InChI=1S/C12H15ClN2O3/c13-10-3-4-11(12(7-10)15(16)17)14-5-6-18-8-9-1-2-9/h3-4,7,9,14H,1-2,5-6,8H2. The first-order chi connectivity index (χ1) is 8.66. The zero-order valence-electron chi connectivity index (χ0n) is 9.89. The van der Waals surface area contributed by atoms with Crippen LogP contribution in [0.25, 0.3) is 0 Å². The van der Waals surface area contributed by atoms with E-state index in [4.69, 9.17) is 16.3 Å². The van der Waals surface area contributed by atoms with Gasteiger partial charge < -0.3 is 10.1 Å². The van der Waals surface area contributed by atoms with E-state index in [1.807, 2.05) is 0 Å². The van der Waals surface area contributed by atoms with E-state index in [1.165, 1.54) is 18.9 Å². The Morgan fingerprint density at radius 1 is 1.50 bits per heavy atom. The second kappa shape index (κ2) is 6.02. The third-order valence-electron chi connectivity index (χ3n) is 2.77. The second-order valence-corrected chi connectivity index (χ2v) is 4.80. The molecule has 1 saturated carbocycles. The third-order valence-corrected chi connectivity index (χ3v) is 3.00. The molecule has 0 atom stereocenters. The molecule has 0 heterocycles. The Balaban J connectivity index is 1.81. The average molecular weight is 271 g/mol. The topological polar surface area (TPSA) is 64.4 Å². The van der Waals surface area contributed by atoms with Gasteiger partial charge >= 0.3 is 0 Å². The minimum Gasteiger partial charge on any atom is -0.379 e. The number of ether oxygens (including phenoxy) is 1. The van der Waals surface area contributed by atoms with E-state index in [9.17, 15) is 10.1 Å². The predicted molar refractivity (Wildman–Crippen MR) is 70.1 cm³/mol. The van der Waals surface area contributed by atoms with E-state index in [2.05, 4.69) is 5.32 Å². The summed E-state index contributed by atoms with van der Waals surface area (Å²) >= 11 is 5.73. The third kappa shape index (κ3) is 3.85. The predicted octanol–water partition coefficient (Wildman–Crippen LogP) is 3.09. The van der Waals surface area contributed by atoms with Crippen molar-refractivity contribution in [1.29, 1.82) is 0 Å². The molecule has 1 aliphatic carbocycles. The Hall–Kier alpha value is -1.33. The molecule has 6 heteroatoms. The zero-order chi connectivity index (χ0) is 13.0. The molecular weight excluding hydrogens is 256 g/mol. The molecule has 0 amide bonds. The molecule has 2 rings (SSSR count). The molecule has 0 bridgehead atoms. The van der Waals surface area contributed by atoms with Crippen LogP contribution in [-0.4, -0.2) is 24.7 Å². The lowest BCUT2D eigenvalue weighted by molar-refractivity contribution is -0.383. The Morgan fingerprint density at radius 2 is 2.28 bits per heavy atom. The van der Waals surface area contributed by atoms with Crippen molar-refractivity contribution in [1.82, 2.24) is 0 Å². The normalized spacial score (nSPS) is 14.5. The zero-order valence-corrected chi connectivity index (χ0v) is 10.7. The summed E-state index contributed by atoms with van der Waals surface area (Å²) in [6.45, 7) is 1.90. The van der Waals surface area contributed by atoms with Gasteiger partial charge in [-0.3, -0.25) is 10.1 Å². The SMILES string of the molecule is O=[N+]([O-])c1cc(Cl)ccc1NCCOCC1CC1. The van der Waals surface area contributed by atoms with E-state index < -0.39 is 4.92 Å². The van der Waals surface area contributed by atoms with Gasteiger partial charge in [0.05, 0.1) is 11.5 Å². The van der Waals surface area contributed by atoms with E-state index in [0.717, 1.165) is 12.5 Å². The molecule has 0 spiro atoms. The van der Waals surface area contributed by atoms with Gasteiger partial charge in [-0.15, -0.1) is 0 Å². The van der Waals surface area contributed by atoms with Gasteiger partial charge in [0.15, 0.2) is 0 Å². The molecular formula is C12H15ClN2O3. The van der Waals surface area contributed by atoms with Crippen LogP contribution in [0.4, 0.5) is 11.4 Å². The minimum atomic E-state index is -0.445. The number of nitrogens with zero attached hydrogens (tertiary/aromatic N) is 1. The fraction of sp³-hybridized carbons (Fsp3) is 0.500. The van der Waals surface area contributed by atoms with Crippen LogP contribution in [0.3, 0.4) is 0 Å². The maximum Gasteiger partial charge on any atom is 0.293 e. The van der Waals surface area contributed by atoms with Crippen LogP contribution in [0.5, 0.6) is 0 Å². The Labute approximate surface area is 110 Å². The van der Waals surface area contributed by atoms with E-state index >= 15 is 0 Å². The summed E-state index contributed by atoms with van der Waals surface area (Å²) in [6.07, 6.45) is 2.52. The van der Waals surface area contributed by atoms with Crippen LogP contribution in [0.1, 0.15) is 12.8 Å². The number of benzene rings is 1. The lowest BCUT2D eigenvalue weighted by Gasteiger charge is -2.07. The van der Waals surface area contributed by atoms with Gasteiger partial charge in [0.25, 0.3) is 5.69 Å². The van der Waals surface area contributed by atoms with Crippen molar-refractivity contribution >= 4 is 23.0 Å². The summed E-state index contributed by atoms with van der Waals surface area (Å²) in [5, 5.41) is 14.2. The van der Waals surface area contributed by atoms with Crippen LogP contribution in [0, 0.1) is 16.0 Å². The fourth-order valence-corrected chi connectivity index (χ4v) is 1.76. The molecule has 98 valence electrons. The van der Waals surface area contributed by atoms with Gasteiger partial charge in [0, 0.05) is 24.2 Å². The van der Waals surface area contributed by atoms with Crippen molar-refractivity contribution in [2.75, 3.05) is 25.1 Å². The Kier molecular flexibility index (Phi) is 4.38. The number of nitrogens with one attached hydrogen (secondary N) is 1. The molecule has 0 aliphatic heterocycles. The van der Waals surface area contributed by atoms with Crippen molar-refractivity contribution in [3.63, 3.8) is 0 Å². The van der Waals surface area contributed by atoms with Gasteiger partial charge in [-0.1, -0.05) is 11.6 Å². The highest BCUT2D eigenvalue weighted by Crippen LogP contribution is 2.29. The largest absolute Gasteiger partial charge is 0.379 e. The summed E-state index contributed by atoms with van der Waals surface area (Å²) in [5.41, 5.74) is 0.462.